The number of aliphatic hydroxyl groups excluding tert-OH is 1. The third-order valence-corrected chi connectivity index (χ3v) is 2.48. The lowest BCUT2D eigenvalue weighted by molar-refractivity contribution is 0.187. The van der Waals surface area contributed by atoms with Gasteiger partial charge in [-0.05, 0) is 19.9 Å². The van der Waals surface area contributed by atoms with E-state index in [1.165, 1.54) is 5.69 Å². The number of imidazole rings is 1. The van der Waals surface area contributed by atoms with E-state index in [4.69, 9.17) is 5.11 Å². The highest BCUT2D eigenvalue weighted by Gasteiger charge is 2.07. The average molecular weight is 211 g/mol. The minimum Gasteiger partial charge on any atom is -0.395 e. The van der Waals surface area contributed by atoms with Crippen LogP contribution < -0.4 is 0 Å². The third kappa shape index (κ3) is 3.64. The van der Waals surface area contributed by atoms with Gasteiger partial charge in [-0.25, -0.2) is 4.98 Å². The zero-order chi connectivity index (χ0) is 11.1. The van der Waals surface area contributed by atoms with Gasteiger partial charge in [0, 0.05) is 25.8 Å². The van der Waals surface area contributed by atoms with Crippen molar-refractivity contribution in [3.8, 4) is 0 Å². The molecule has 0 unspecified atom stereocenters. The first-order valence-electron chi connectivity index (χ1n) is 5.64. The summed E-state index contributed by atoms with van der Waals surface area (Å²) in [4.78, 5) is 6.39. The summed E-state index contributed by atoms with van der Waals surface area (Å²) in [7, 11) is 0. The van der Waals surface area contributed by atoms with Crippen molar-refractivity contribution >= 4 is 0 Å². The molecule has 0 aliphatic rings. The number of hydrogen-bond donors (Lipinski definition) is 1. The first-order valence-corrected chi connectivity index (χ1v) is 5.64. The van der Waals surface area contributed by atoms with Crippen molar-refractivity contribution in [3.63, 3.8) is 0 Å². The smallest absolute Gasteiger partial charge is 0.0948 e. The van der Waals surface area contributed by atoms with Gasteiger partial charge in [-0.1, -0.05) is 6.92 Å². The van der Waals surface area contributed by atoms with Crippen LogP contribution in [0.1, 0.15) is 26.0 Å². The summed E-state index contributed by atoms with van der Waals surface area (Å²) in [5.41, 5.74) is 1.22. The van der Waals surface area contributed by atoms with Gasteiger partial charge >= 0.3 is 0 Å². The summed E-state index contributed by atoms with van der Waals surface area (Å²) in [5.74, 6) is 0. The SMILES string of the molecule is CCCN(CCO)Cc1cncn1CC. The van der Waals surface area contributed by atoms with Crippen molar-refractivity contribution in [2.45, 2.75) is 33.4 Å². The maximum Gasteiger partial charge on any atom is 0.0948 e. The van der Waals surface area contributed by atoms with Gasteiger partial charge in [-0.3, -0.25) is 4.90 Å². The standard InChI is InChI=1S/C11H21N3O/c1-3-5-13(6-7-15)9-11-8-12-10-14(11)4-2/h8,10,15H,3-7,9H2,1-2H3. The van der Waals surface area contributed by atoms with E-state index in [-0.39, 0.29) is 6.61 Å². The minimum atomic E-state index is 0.222. The predicted octanol–water partition coefficient (Wildman–Crippen LogP) is 1.11. The Morgan fingerprint density at radius 2 is 2.20 bits per heavy atom. The van der Waals surface area contributed by atoms with Gasteiger partial charge in [-0.2, -0.15) is 0 Å². The molecular weight excluding hydrogens is 190 g/mol. The highest BCUT2D eigenvalue weighted by atomic mass is 16.3. The molecule has 0 fully saturated rings. The third-order valence-electron chi connectivity index (χ3n) is 2.48. The lowest BCUT2D eigenvalue weighted by Crippen LogP contribution is -2.28. The van der Waals surface area contributed by atoms with Crippen LogP contribution in [0.5, 0.6) is 0 Å². The largest absolute Gasteiger partial charge is 0.395 e. The molecule has 0 saturated heterocycles. The van der Waals surface area contributed by atoms with Gasteiger partial charge in [0.05, 0.1) is 18.6 Å². The van der Waals surface area contributed by atoms with Crippen molar-refractivity contribution in [2.75, 3.05) is 19.7 Å². The van der Waals surface area contributed by atoms with E-state index in [1.807, 2.05) is 12.5 Å². The molecule has 1 heterocycles. The van der Waals surface area contributed by atoms with Crippen LogP contribution in [0.2, 0.25) is 0 Å². The molecule has 4 nitrogen and oxygen atoms in total. The fourth-order valence-electron chi connectivity index (χ4n) is 1.72. The molecule has 0 aliphatic heterocycles. The molecule has 0 bridgehead atoms. The van der Waals surface area contributed by atoms with E-state index in [9.17, 15) is 0 Å². The number of aromatic nitrogens is 2. The first kappa shape index (κ1) is 12.2. The first-order chi connectivity index (χ1) is 7.31. The lowest BCUT2D eigenvalue weighted by Gasteiger charge is -2.20. The molecule has 0 aromatic carbocycles. The van der Waals surface area contributed by atoms with Gasteiger partial charge in [0.1, 0.15) is 0 Å². The van der Waals surface area contributed by atoms with Crippen LogP contribution in [0.25, 0.3) is 0 Å². The van der Waals surface area contributed by atoms with Crippen LogP contribution in [0, 0.1) is 0 Å². The molecule has 4 heteroatoms. The summed E-state index contributed by atoms with van der Waals surface area (Å²) < 4.78 is 2.14. The molecule has 15 heavy (non-hydrogen) atoms. The van der Waals surface area contributed by atoms with Gasteiger partial charge in [0.25, 0.3) is 0 Å². The number of rotatable bonds is 7. The second-order valence-electron chi connectivity index (χ2n) is 3.67. The predicted molar refractivity (Wildman–Crippen MR) is 60.6 cm³/mol. The molecule has 1 aromatic heterocycles. The Morgan fingerprint density at radius 3 is 2.80 bits per heavy atom. The fourth-order valence-corrected chi connectivity index (χ4v) is 1.72. The monoisotopic (exact) mass is 211 g/mol. The van der Waals surface area contributed by atoms with Crippen molar-refractivity contribution in [3.05, 3.63) is 18.2 Å². The Labute approximate surface area is 91.5 Å². The molecule has 86 valence electrons. The summed E-state index contributed by atoms with van der Waals surface area (Å²) >= 11 is 0. The van der Waals surface area contributed by atoms with Gasteiger partial charge in [-0.15, -0.1) is 0 Å². The van der Waals surface area contributed by atoms with Crippen LogP contribution in [0.15, 0.2) is 12.5 Å². The minimum absolute atomic E-state index is 0.222. The summed E-state index contributed by atoms with van der Waals surface area (Å²) in [5, 5.41) is 8.95. The van der Waals surface area contributed by atoms with Gasteiger partial charge < -0.3 is 9.67 Å². The average Bonchev–Trinajstić information content (AvgIpc) is 2.66. The van der Waals surface area contributed by atoms with Crippen molar-refractivity contribution in [1.82, 2.24) is 14.5 Å². The maximum absolute atomic E-state index is 8.95. The molecule has 0 spiro atoms. The van der Waals surface area contributed by atoms with E-state index < -0.39 is 0 Å². The van der Waals surface area contributed by atoms with E-state index in [2.05, 4.69) is 28.3 Å². The highest BCUT2D eigenvalue weighted by molar-refractivity contribution is 4.98. The summed E-state index contributed by atoms with van der Waals surface area (Å²) in [6, 6.07) is 0. The Hall–Kier alpha value is -0.870. The van der Waals surface area contributed by atoms with Crippen LogP contribution >= 0.6 is 0 Å². The van der Waals surface area contributed by atoms with Gasteiger partial charge in [0.15, 0.2) is 0 Å². The van der Waals surface area contributed by atoms with E-state index >= 15 is 0 Å². The Balaban J connectivity index is 2.56. The van der Waals surface area contributed by atoms with E-state index in [0.717, 1.165) is 32.6 Å². The number of aryl methyl sites for hydroxylation is 1. The van der Waals surface area contributed by atoms with Gasteiger partial charge in [0.2, 0.25) is 0 Å². The number of nitrogens with zero attached hydrogens (tertiary/aromatic N) is 3. The molecular formula is C11H21N3O. The zero-order valence-corrected chi connectivity index (χ0v) is 9.69. The van der Waals surface area contributed by atoms with Crippen LogP contribution in [-0.2, 0) is 13.1 Å². The molecule has 1 rings (SSSR count). The summed E-state index contributed by atoms with van der Waals surface area (Å²) in [6.07, 6.45) is 4.88. The normalized spacial score (nSPS) is 11.2. The topological polar surface area (TPSA) is 41.3 Å². The molecule has 1 N–H and O–H groups in total. The molecule has 0 amide bonds. The van der Waals surface area contributed by atoms with Crippen LogP contribution in [0.4, 0.5) is 0 Å². The summed E-state index contributed by atoms with van der Waals surface area (Å²) in [6.45, 7) is 8.08. The molecule has 0 atom stereocenters. The maximum atomic E-state index is 8.95. The number of hydrogen-bond acceptors (Lipinski definition) is 3. The molecule has 0 aliphatic carbocycles. The highest BCUT2D eigenvalue weighted by Crippen LogP contribution is 2.04. The van der Waals surface area contributed by atoms with Crippen molar-refractivity contribution in [2.24, 2.45) is 0 Å². The fraction of sp³-hybridized carbons (Fsp3) is 0.727. The molecule has 0 saturated carbocycles. The Kier molecular flexibility index (Phi) is 5.36. The quantitative estimate of drug-likeness (QED) is 0.734. The van der Waals surface area contributed by atoms with E-state index in [0.29, 0.717) is 0 Å². The van der Waals surface area contributed by atoms with Crippen LogP contribution in [0.3, 0.4) is 0 Å². The second-order valence-corrected chi connectivity index (χ2v) is 3.67. The lowest BCUT2D eigenvalue weighted by atomic mass is 10.3. The van der Waals surface area contributed by atoms with Crippen molar-refractivity contribution < 1.29 is 5.11 Å². The zero-order valence-electron chi connectivity index (χ0n) is 9.69. The second kappa shape index (κ2) is 6.58. The molecule has 0 radical (unpaired) electrons. The van der Waals surface area contributed by atoms with E-state index in [1.54, 1.807) is 0 Å². The Bertz CT molecular complexity index is 267. The van der Waals surface area contributed by atoms with Crippen LogP contribution in [-0.4, -0.2) is 39.3 Å². The Morgan fingerprint density at radius 1 is 1.40 bits per heavy atom. The molecule has 1 aromatic rings. The number of aliphatic hydroxyl groups is 1. The van der Waals surface area contributed by atoms with Crippen molar-refractivity contribution in [1.29, 1.82) is 0 Å².